The van der Waals surface area contributed by atoms with Crippen LogP contribution in [0.25, 0.3) is 0 Å². The summed E-state index contributed by atoms with van der Waals surface area (Å²) in [5, 5.41) is 12.0. The molecule has 0 amide bonds. The Morgan fingerprint density at radius 3 is 2.75 bits per heavy atom. The summed E-state index contributed by atoms with van der Waals surface area (Å²) in [6, 6.07) is 0. The number of likely N-dealkylation sites (tertiary alicyclic amines) is 1. The standard InChI is InChI=1S/C14H24N6/c1-2-15-14(19-8-5-6-9-19)16-11-13-18-17-12-7-3-4-10-20(12)13/h2-11H2,1H3,(H,15,16). The smallest absolute Gasteiger partial charge is 0.194 e. The molecule has 1 N–H and O–H groups in total. The second-order valence-electron chi connectivity index (χ2n) is 5.51. The lowest BCUT2D eigenvalue weighted by Crippen LogP contribution is -2.39. The highest BCUT2D eigenvalue weighted by Gasteiger charge is 2.18. The Hall–Kier alpha value is -1.59. The molecule has 0 radical (unpaired) electrons. The summed E-state index contributed by atoms with van der Waals surface area (Å²) in [7, 11) is 0. The van der Waals surface area contributed by atoms with Gasteiger partial charge in [-0.15, -0.1) is 10.2 Å². The van der Waals surface area contributed by atoms with E-state index in [0.717, 1.165) is 50.2 Å². The highest BCUT2D eigenvalue weighted by atomic mass is 15.3. The van der Waals surface area contributed by atoms with Gasteiger partial charge in [-0.1, -0.05) is 0 Å². The minimum absolute atomic E-state index is 0.631. The van der Waals surface area contributed by atoms with E-state index in [0.29, 0.717) is 6.54 Å². The van der Waals surface area contributed by atoms with Crippen LogP contribution in [0, 0.1) is 0 Å². The fourth-order valence-electron chi connectivity index (χ4n) is 2.99. The van der Waals surface area contributed by atoms with Crippen molar-refractivity contribution in [3.05, 3.63) is 11.6 Å². The monoisotopic (exact) mass is 276 g/mol. The predicted molar refractivity (Wildman–Crippen MR) is 78.6 cm³/mol. The number of nitrogens with zero attached hydrogens (tertiary/aromatic N) is 5. The number of fused-ring (bicyclic) bond motifs is 1. The molecule has 6 heteroatoms. The van der Waals surface area contributed by atoms with Gasteiger partial charge in [0.25, 0.3) is 0 Å². The number of aryl methyl sites for hydroxylation is 1. The van der Waals surface area contributed by atoms with Gasteiger partial charge in [0.05, 0.1) is 0 Å². The molecule has 0 spiro atoms. The highest BCUT2D eigenvalue weighted by molar-refractivity contribution is 5.80. The minimum Gasteiger partial charge on any atom is -0.357 e. The molecule has 0 unspecified atom stereocenters. The second kappa shape index (κ2) is 6.24. The van der Waals surface area contributed by atoms with Crippen LogP contribution in [0.3, 0.4) is 0 Å². The molecule has 1 aromatic rings. The first-order valence-electron chi connectivity index (χ1n) is 7.82. The summed E-state index contributed by atoms with van der Waals surface area (Å²) in [6.07, 6.45) is 6.06. The van der Waals surface area contributed by atoms with Gasteiger partial charge in [-0.2, -0.15) is 0 Å². The average Bonchev–Trinajstić information content (AvgIpc) is 3.13. The SMILES string of the molecule is CCNC(=NCc1nnc2n1CCCC2)N1CCCC1. The Balaban J connectivity index is 1.71. The lowest BCUT2D eigenvalue weighted by molar-refractivity contribution is 0.488. The van der Waals surface area contributed by atoms with Gasteiger partial charge in [0.1, 0.15) is 12.4 Å². The number of aliphatic imine (C=N–C) groups is 1. The fraction of sp³-hybridized carbons (Fsp3) is 0.786. The molecule has 0 saturated carbocycles. The van der Waals surface area contributed by atoms with Gasteiger partial charge in [-0.25, -0.2) is 4.99 Å². The van der Waals surface area contributed by atoms with Gasteiger partial charge in [0.15, 0.2) is 11.8 Å². The molecule has 1 saturated heterocycles. The first kappa shape index (κ1) is 13.4. The van der Waals surface area contributed by atoms with Crippen molar-refractivity contribution in [3.63, 3.8) is 0 Å². The molecule has 3 heterocycles. The van der Waals surface area contributed by atoms with E-state index in [2.05, 4.69) is 31.9 Å². The second-order valence-corrected chi connectivity index (χ2v) is 5.51. The van der Waals surface area contributed by atoms with Gasteiger partial charge in [0.2, 0.25) is 0 Å². The van der Waals surface area contributed by atoms with E-state index >= 15 is 0 Å². The van der Waals surface area contributed by atoms with Crippen molar-refractivity contribution in [1.82, 2.24) is 25.0 Å². The number of nitrogens with one attached hydrogen (secondary N) is 1. The van der Waals surface area contributed by atoms with Crippen molar-refractivity contribution >= 4 is 5.96 Å². The van der Waals surface area contributed by atoms with Crippen molar-refractivity contribution in [2.24, 2.45) is 4.99 Å². The molecule has 2 aliphatic heterocycles. The zero-order chi connectivity index (χ0) is 13.8. The topological polar surface area (TPSA) is 58.3 Å². The number of hydrogen-bond donors (Lipinski definition) is 1. The predicted octanol–water partition coefficient (Wildman–Crippen LogP) is 1.18. The quantitative estimate of drug-likeness (QED) is 0.665. The Morgan fingerprint density at radius 1 is 1.15 bits per heavy atom. The summed E-state index contributed by atoms with van der Waals surface area (Å²) in [6.45, 7) is 6.94. The Kier molecular flexibility index (Phi) is 4.18. The van der Waals surface area contributed by atoms with Crippen molar-refractivity contribution in [2.75, 3.05) is 19.6 Å². The molecule has 2 aliphatic rings. The Labute approximate surface area is 120 Å². The van der Waals surface area contributed by atoms with Crippen molar-refractivity contribution < 1.29 is 0 Å². The largest absolute Gasteiger partial charge is 0.357 e. The zero-order valence-electron chi connectivity index (χ0n) is 12.3. The summed E-state index contributed by atoms with van der Waals surface area (Å²) in [5.74, 6) is 3.17. The molecule has 0 atom stereocenters. The van der Waals surface area contributed by atoms with E-state index in [1.165, 1.54) is 25.7 Å². The molecular formula is C14H24N6. The lowest BCUT2D eigenvalue weighted by Gasteiger charge is -2.20. The number of guanidine groups is 1. The normalized spacial score (nSPS) is 19.2. The van der Waals surface area contributed by atoms with Gasteiger partial charge in [-0.05, 0) is 32.6 Å². The van der Waals surface area contributed by atoms with E-state index in [4.69, 9.17) is 4.99 Å². The van der Waals surface area contributed by atoms with E-state index in [-0.39, 0.29) is 0 Å². The molecule has 0 bridgehead atoms. The van der Waals surface area contributed by atoms with Crippen molar-refractivity contribution in [2.45, 2.75) is 52.1 Å². The number of aromatic nitrogens is 3. The summed E-state index contributed by atoms with van der Waals surface area (Å²) >= 11 is 0. The van der Waals surface area contributed by atoms with Crippen LogP contribution < -0.4 is 5.32 Å². The maximum absolute atomic E-state index is 4.75. The fourth-order valence-corrected chi connectivity index (χ4v) is 2.99. The van der Waals surface area contributed by atoms with Crippen LogP contribution in [0.1, 0.15) is 44.3 Å². The highest BCUT2D eigenvalue weighted by Crippen LogP contribution is 2.15. The van der Waals surface area contributed by atoms with Crippen LogP contribution in [-0.2, 0) is 19.5 Å². The molecule has 1 fully saturated rings. The first-order chi connectivity index (χ1) is 9.88. The van der Waals surface area contributed by atoms with Crippen molar-refractivity contribution in [1.29, 1.82) is 0 Å². The summed E-state index contributed by atoms with van der Waals surface area (Å²) in [5.41, 5.74) is 0. The zero-order valence-corrected chi connectivity index (χ0v) is 12.3. The minimum atomic E-state index is 0.631. The molecule has 0 aromatic carbocycles. The third-order valence-corrected chi connectivity index (χ3v) is 4.05. The van der Waals surface area contributed by atoms with Gasteiger partial charge < -0.3 is 14.8 Å². The Morgan fingerprint density at radius 2 is 1.95 bits per heavy atom. The van der Waals surface area contributed by atoms with Crippen LogP contribution in [0.15, 0.2) is 4.99 Å². The maximum atomic E-state index is 4.75. The third-order valence-electron chi connectivity index (χ3n) is 4.05. The van der Waals surface area contributed by atoms with Crippen LogP contribution in [0.5, 0.6) is 0 Å². The summed E-state index contributed by atoms with van der Waals surface area (Å²) < 4.78 is 2.25. The Bertz CT molecular complexity index is 472. The van der Waals surface area contributed by atoms with Gasteiger partial charge >= 0.3 is 0 Å². The van der Waals surface area contributed by atoms with Gasteiger partial charge in [0, 0.05) is 32.6 Å². The molecule has 6 nitrogen and oxygen atoms in total. The molecule has 1 aromatic heterocycles. The summed E-state index contributed by atoms with van der Waals surface area (Å²) in [4.78, 5) is 7.10. The number of hydrogen-bond acceptors (Lipinski definition) is 3. The van der Waals surface area contributed by atoms with Crippen LogP contribution >= 0.6 is 0 Å². The van der Waals surface area contributed by atoms with Crippen LogP contribution in [-0.4, -0.2) is 45.3 Å². The third kappa shape index (κ3) is 2.78. The average molecular weight is 276 g/mol. The van der Waals surface area contributed by atoms with E-state index < -0.39 is 0 Å². The van der Waals surface area contributed by atoms with E-state index in [1.807, 2.05) is 0 Å². The van der Waals surface area contributed by atoms with E-state index in [1.54, 1.807) is 0 Å². The van der Waals surface area contributed by atoms with Crippen LogP contribution in [0.2, 0.25) is 0 Å². The van der Waals surface area contributed by atoms with E-state index in [9.17, 15) is 0 Å². The van der Waals surface area contributed by atoms with Gasteiger partial charge in [-0.3, -0.25) is 0 Å². The first-order valence-corrected chi connectivity index (χ1v) is 7.82. The molecule has 20 heavy (non-hydrogen) atoms. The molecule has 0 aliphatic carbocycles. The molecule has 110 valence electrons. The van der Waals surface area contributed by atoms with Crippen molar-refractivity contribution in [3.8, 4) is 0 Å². The molecular weight excluding hydrogens is 252 g/mol. The lowest BCUT2D eigenvalue weighted by atomic mass is 10.2. The van der Waals surface area contributed by atoms with Crippen LogP contribution in [0.4, 0.5) is 0 Å². The molecule has 3 rings (SSSR count). The maximum Gasteiger partial charge on any atom is 0.194 e. The number of rotatable bonds is 3.